The van der Waals surface area contributed by atoms with Crippen LogP contribution >= 0.6 is 0 Å². The fraction of sp³-hybridized carbons (Fsp3) is 0.111. The number of hydrogen-bond acceptors (Lipinski definition) is 5. The van der Waals surface area contributed by atoms with Gasteiger partial charge in [-0.05, 0) is 35.4 Å². The van der Waals surface area contributed by atoms with Gasteiger partial charge in [-0.25, -0.2) is 0 Å². The number of fused-ring (bicyclic) bond motifs is 1. The molecule has 0 saturated heterocycles. The van der Waals surface area contributed by atoms with Gasteiger partial charge in [0, 0.05) is 45.6 Å². The van der Waals surface area contributed by atoms with Crippen LogP contribution in [0.1, 0.15) is 5.89 Å². The van der Waals surface area contributed by atoms with Gasteiger partial charge in [0.1, 0.15) is 0 Å². The van der Waals surface area contributed by atoms with Crippen molar-refractivity contribution in [1.82, 2.24) is 10.2 Å². The molecule has 1 aromatic carbocycles. The Morgan fingerprint density at radius 1 is 0.958 bits per heavy atom. The van der Waals surface area contributed by atoms with Crippen LogP contribution in [-0.4, -0.2) is 20.7 Å². The van der Waals surface area contributed by atoms with E-state index in [1.165, 1.54) is 0 Å². The predicted molar refractivity (Wildman–Crippen MR) is 91.1 cm³/mol. The largest absolute Gasteiger partial charge is 0.472 e. The zero-order chi connectivity index (χ0) is 16.7. The molecule has 1 aliphatic heterocycles. The molecule has 0 saturated carbocycles. The smallest absolute Gasteiger partial charge is 0.248 e. The van der Waals surface area contributed by atoms with Crippen LogP contribution in [0, 0.1) is 6.92 Å². The van der Waals surface area contributed by atoms with Gasteiger partial charge in [0.25, 0.3) is 0 Å². The zero-order valence-corrected chi connectivity index (χ0v) is 14.0. The fourth-order valence-corrected chi connectivity index (χ4v) is 3.28. The highest BCUT2D eigenvalue weighted by molar-refractivity contribution is 7.84. The van der Waals surface area contributed by atoms with Gasteiger partial charge in [-0.15, -0.1) is 10.2 Å². The first-order valence-electron chi connectivity index (χ1n) is 7.37. The van der Waals surface area contributed by atoms with Crippen molar-refractivity contribution in [2.75, 3.05) is 6.26 Å². The second kappa shape index (κ2) is 5.72. The highest BCUT2D eigenvalue weighted by Crippen LogP contribution is 2.43. The summed E-state index contributed by atoms with van der Waals surface area (Å²) in [5, 5.41) is 8.03. The van der Waals surface area contributed by atoms with E-state index in [0.717, 1.165) is 32.7 Å². The Kier molecular flexibility index (Phi) is 3.54. The second-order valence-electron chi connectivity index (χ2n) is 5.46. The molecule has 0 spiro atoms. The van der Waals surface area contributed by atoms with Crippen molar-refractivity contribution < 1.29 is 13.0 Å². The van der Waals surface area contributed by atoms with Gasteiger partial charge in [-0.2, -0.15) is 0 Å². The van der Waals surface area contributed by atoms with Crippen molar-refractivity contribution >= 4 is 10.8 Å². The molecule has 24 heavy (non-hydrogen) atoms. The molecule has 0 N–H and O–H groups in total. The number of nitrogens with zero attached hydrogens (tertiary/aromatic N) is 2. The standard InChI is InChI=1S/C18H14N2O3S/c1-11-19-20-18(23-11)16-9-15(17-10-22-8-7-14(16)17)12-3-5-13(6-4-12)24(2)21/h3-10H,1-2H3. The van der Waals surface area contributed by atoms with Crippen LogP contribution in [0.3, 0.4) is 0 Å². The molecule has 6 heteroatoms. The Hall–Kier alpha value is -2.73. The van der Waals surface area contributed by atoms with Crippen LogP contribution in [-0.2, 0) is 10.8 Å². The summed E-state index contributed by atoms with van der Waals surface area (Å²) in [5.41, 5.74) is 4.85. The van der Waals surface area contributed by atoms with E-state index < -0.39 is 10.8 Å². The summed E-state index contributed by atoms with van der Waals surface area (Å²) in [7, 11) is -0.994. The van der Waals surface area contributed by atoms with E-state index in [1.807, 2.05) is 36.4 Å². The molecule has 0 bridgehead atoms. The number of benzene rings is 1. The molecule has 1 atom stereocenters. The second-order valence-corrected chi connectivity index (χ2v) is 6.84. The lowest BCUT2D eigenvalue weighted by molar-refractivity contribution is 0.532. The van der Waals surface area contributed by atoms with E-state index in [1.54, 1.807) is 25.7 Å². The van der Waals surface area contributed by atoms with Crippen LogP contribution in [0.25, 0.3) is 33.7 Å². The van der Waals surface area contributed by atoms with Gasteiger partial charge >= 0.3 is 0 Å². The zero-order valence-electron chi connectivity index (χ0n) is 13.1. The minimum Gasteiger partial charge on any atom is -0.472 e. The fourth-order valence-electron chi connectivity index (χ4n) is 2.76. The molecular weight excluding hydrogens is 324 g/mol. The van der Waals surface area contributed by atoms with Crippen LogP contribution in [0.2, 0.25) is 0 Å². The Balaban J connectivity index is 1.88. The van der Waals surface area contributed by atoms with Crippen molar-refractivity contribution in [2.45, 2.75) is 11.8 Å². The van der Waals surface area contributed by atoms with Crippen molar-refractivity contribution in [3.05, 3.63) is 54.8 Å². The van der Waals surface area contributed by atoms with Gasteiger partial charge in [0.2, 0.25) is 11.8 Å². The Morgan fingerprint density at radius 2 is 1.75 bits per heavy atom. The third-order valence-electron chi connectivity index (χ3n) is 3.91. The third kappa shape index (κ3) is 2.45. The number of rotatable bonds is 3. The first-order chi connectivity index (χ1) is 11.6. The van der Waals surface area contributed by atoms with Gasteiger partial charge < -0.3 is 8.83 Å². The molecule has 0 radical (unpaired) electrons. The van der Waals surface area contributed by atoms with Gasteiger partial charge in [-0.3, -0.25) is 4.21 Å². The number of aromatic nitrogens is 2. The molecule has 120 valence electrons. The molecule has 4 rings (SSSR count). The maximum Gasteiger partial charge on any atom is 0.248 e. The molecule has 2 aliphatic rings. The lowest BCUT2D eigenvalue weighted by atomic mass is 10.0. The van der Waals surface area contributed by atoms with E-state index in [0.29, 0.717) is 11.8 Å². The topological polar surface area (TPSA) is 69.1 Å². The summed E-state index contributed by atoms with van der Waals surface area (Å²) in [6, 6.07) is 11.6. The van der Waals surface area contributed by atoms with Crippen molar-refractivity contribution in [2.24, 2.45) is 0 Å². The normalized spacial score (nSPS) is 12.6. The average Bonchev–Trinajstić information content (AvgIpc) is 3.18. The Bertz CT molecular complexity index is 1000. The van der Waals surface area contributed by atoms with Gasteiger partial charge in [0.15, 0.2) is 0 Å². The molecular formula is C18H14N2O3S. The molecule has 1 aliphatic carbocycles. The first-order valence-corrected chi connectivity index (χ1v) is 8.92. The van der Waals surface area contributed by atoms with Crippen LogP contribution in [0.4, 0.5) is 0 Å². The Labute approximate surface area is 141 Å². The molecule has 0 amide bonds. The minimum absolute atomic E-state index is 0.487. The van der Waals surface area contributed by atoms with E-state index in [2.05, 4.69) is 10.2 Å². The van der Waals surface area contributed by atoms with E-state index >= 15 is 0 Å². The molecule has 0 fully saturated rings. The van der Waals surface area contributed by atoms with Gasteiger partial charge in [0.05, 0.1) is 12.5 Å². The predicted octanol–water partition coefficient (Wildman–Crippen LogP) is 4.15. The molecule has 2 aromatic rings. The summed E-state index contributed by atoms with van der Waals surface area (Å²) >= 11 is 0. The summed E-state index contributed by atoms with van der Waals surface area (Å²) < 4.78 is 22.5. The maximum atomic E-state index is 11.6. The highest BCUT2D eigenvalue weighted by Gasteiger charge is 2.21. The third-order valence-corrected chi connectivity index (χ3v) is 4.85. The van der Waals surface area contributed by atoms with E-state index in [9.17, 15) is 4.21 Å². The van der Waals surface area contributed by atoms with Gasteiger partial charge in [-0.1, -0.05) is 12.1 Å². The van der Waals surface area contributed by atoms with E-state index in [-0.39, 0.29) is 0 Å². The first kappa shape index (κ1) is 14.8. The summed E-state index contributed by atoms with van der Waals surface area (Å²) in [6.45, 7) is 1.77. The molecule has 1 aromatic heterocycles. The van der Waals surface area contributed by atoms with Crippen LogP contribution < -0.4 is 0 Å². The number of hydrogen-bond donors (Lipinski definition) is 0. The number of aryl methyl sites for hydroxylation is 1. The van der Waals surface area contributed by atoms with E-state index in [4.69, 9.17) is 8.83 Å². The summed E-state index contributed by atoms with van der Waals surface area (Å²) in [6.07, 6.45) is 5.01. The lowest BCUT2D eigenvalue weighted by Crippen LogP contribution is -1.86. The van der Waals surface area contributed by atoms with Crippen molar-refractivity contribution in [1.29, 1.82) is 0 Å². The lowest BCUT2D eigenvalue weighted by Gasteiger charge is -2.04. The monoisotopic (exact) mass is 338 g/mol. The highest BCUT2D eigenvalue weighted by atomic mass is 32.2. The SMILES string of the molecule is Cc1nnc(-c2cc(-c3ccc(S(C)=O)cc3)c3coccc2-3)o1. The van der Waals surface area contributed by atoms with Crippen molar-refractivity contribution in [3.63, 3.8) is 0 Å². The van der Waals surface area contributed by atoms with Crippen molar-refractivity contribution in [3.8, 4) is 33.7 Å². The van der Waals surface area contributed by atoms with Crippen LogP contribution in [0.5, 0.6) is 0 Å². The average molecular weight is 338 g/mol. The Morgan fingerprint density at radius 3 is 2.42 bits per heavy atom. The molecule has 2 heterocycles. The maximum absolute atomic E-state index is 11.6. The summed E-state index contributed by atoms with van der Waals surface area (Å²) in [5.74, 6) is 1.01. The quantitative estimate of drug-likeness (QED) is 0.561. The minimum atomic E-state index is -0.994. The molecule has 5 nitrogen and oxygen atoms in total. The van der Waals surface area contributed by atoms with Crippen LogP contribution in [0.15, 0.2) is 62.7 Å². The molecule has 1 unspecified atom stereocenters. The summed E-state index contributed by atoms with van der Waals surface area (Å²) in [4.78, 5) is 0.798.